The van der Waals surface area contributed by atoms with Gasteiger partial charge in [-0.15, -0.1) is 11.3 Å². The van der Waals surface area contributed by atoms with Crippen LogP contribution in [0.2, 0.25) is 0 Å². The summed E-state index contributed by atoms with van der Waals surface area (Å²) in [6.45, 7) is 5.10. The molecule has 1 spiro atoms. The molecule has 192 valence electrons. The summed E-state index contributed by atoms with van der Waals surface area (Å²) in [4.78, 5) is 49.4. The summed E-state index contributed by atoms with van der Waals surface area (Å²) in [5.74, 6) is -0.141. The molecule has 4 aromatic rings. The molecule has 3 amide bonds. The fourth-order valence-electron chi connectivity index (χ4n) is 5.58. The van der Waals surface area contributed by atoms with Crippen LogP contribution in [-0.4, -0.2) is 50.2 Å². The van der Waals surface area contributed by atoms with Gasteiger partial charge >= 0.3 is 0 Å². The van der Waals surface area contributed by atoms with E-state index in [0.717, 1.165) is 54.7 Å². The third kappa shape index (κ3) is 4.37. The lowest BCUT2D eigenvalue weighted by Crippen LogP contribution is -2.42. The number of nitrogens with one attached hydrogen (secondary N) is 2. The van der Waals surface area contributed by atoms with Crippen LogP contribution in [0.15, 0.2) is 73.6 Å². The van der Waals surface area contributed by atoms with Gasteiger partial charge in [0.2, 0.25) is 11.9 Å². The molecule has 38 heavy (non-hydrogen) atoms. The standard InChI is InChI=1S/C28H26N6O3S/c1-2-24(35)33-13-11-28(17-33)14-19(15-28)34-21-8-4-3-7-20(21)31-27(34)32-26(37)23-10-9-22(38-23)25(36)30-18-6-5-12-29-16-18/h2-10,12,16,19H,1,11,13-15,17H2,(H,30,36)(H,31,32,37)/t19-,28-. The Labute approximate surface area is 223 Å². The van der Waals surface area contributed by atoms with E-state index in [1.807, 2.05) is 29.2 Å². The molecule has 9 nitrogen and oxygen atoms in total. The lowest BCUT2D eigenvalue weighted by Gasteiger charge is -2.46. The summed E-state index contributed by atoms with van der Waals surface area (Å²) in [6, 6.07) is 14.8. The Kier molecular flexibility index (Phi) is 6.03. The van der Waals surface area contributed by atoms with Crippen molar-refractivity contribution in [3.63, 3.8) is 0 Å². The number of aromatic nitrogens is 3. The lowest BCUT2D eigenvalue weighted by atomic mass is 9.65. The smallest absolute Gasteiger partial charge is 0.268 e. The summed E-state index contributed by atoms with van der Waals surface area (Å²) in [6.07, 6.45) is 7.37. The molecule has 0 atom stereocenters. The van der Waals surface area contributed by atoms with Crippen molar-refractivity contribution in [2.24, 2.45) is 5.41 Å². The number of carbonyl (C=O) groups is 3. The molecule has 0 bridgehead atoms. The zero-order chi connectivity index (χ0) is 26.3. The van der Waals surface area contributed by atoms with Crippen molar-refractivity contribution in [1.82, 2.24) is 19.4 Å². The van der Waals surface area contributed by atoms with E-state index in [1.165, 1.54) is 6.08 Å². The highest BCUT2D eigenvalue weighted by Gasteiger charge is 2.50. The highest BCUT2D eigenvalue weighted by molar-refractivity contribution is 7.16. The number of anilines is 2. The summed E-state index contributed by atoms with van der Waals surface area (Å²) in [7, 11) is 0. The van der Waals surface area contributed by atoms with Crippen LogP contribution in [0.4, 0.5) is 11.6 Å². The van der Waals surface area contributed by atoms with Gasteiger partial charge in [-0.05, 0) is 67.2 Å². The van der Waals surface area contributed by atoms with E-state index in [1.54, 1.807) is 36.7 Å². The monoisotopic (exact) mass is 526 g/mol. The fourth-order valence-corrected chi connectivity index (χ4v) is 6.38. The molecule has 2 fully saturated rings. The second-order valence-electron chi connectivity index (χ2n) is 9.88. The Balaban J connectivity index is 1.19. The zero-order valence-corrected chi connectivity index (χ0v) is 21.4. The van der Waals surface area contributed by atoms with Gasteiger partial charge in [-0.1, -0.05) is 18.7 Å². The number of hydrogen-bond donors (Lipinski definition) is 2. The first kappa shape index (κ1) is 24.1. The number of imidazole rings is 1. The number of rotatable bonds is 6. The minimum atomic E-state index is -0.315. The van der Waals surface area contributed by atoms with Gasteiger partial charge in [-0.25, -0.2) is 4.98 Å². The van der Waals surface area contributed by atoms with Gasteiger partial charge < -0.3 is 14.8 Å². The third-order valence-electron chi connectivity index (χ3n) is 7.42. The van der Waals surface area contributed by atoms with Crippen molar-refractivity contribution in [3.8, 4) is 0 Å². The first-order valence-electron chi connectivity index (χ1n) is 12.5. The number of thiophene rings is 1. The highest BCUT2D eigenvalue weighted by Crippen LogP contribution is 2.55. The predicted octanol–water partition coefficient (Wildman–Crippen LogP) is 4.74. The molecule has 2 aliphatic rings. The molecular weight excluding hydrogens is 500 g/mol. The summed E-state index contributed by atoms with van der Waals surface area (Å²) in [5, 5.41) is 5.77. The molecule has 10 heteroatoms. The number of hydrogen-bond acceptors (Lipinski definition) is 6. The minimum absolute atomic E-state index is 0.0178. The quantitative estimate of drug-likeness (QED) is 0.353. The van der Waals surface area contributed by atoms with Crippen LogP contribution >= 0.6 is 11.3 Å². The SMILES string of the molecule is C=CC(=O)N1CC[C@]2(C1)C[C@H](n1c(NC(=O)c3ccc(C(=O)Nc4cccnc4)s3)nc3ccccc31)C2. The highest BCUT2D eigenvalue weighted by atomic mass is 32.1. The van der Waals surface area contributed by atoms with Gasteiger partial charge in [0, 0.05) is 25.3 Å². The maximum absolute atomic E-state index is 13.2. The Morgan fingerprint density at radius 2 is 1.79 bits per heavy atom. The second kappa shape index (κ2) is 9.53. The second-order valence-corrected chi connectivity index (χ2v) is 11.0. The predicted molar refractivity (Wildman–Crippen MR) is 146 cm³/mol. The Morgan fingerprint density at radius 1 is 1.03 bits per heavy atom. The van der Waals surface area contributed by atoms with Crippen molar-refractivity contribution < 1.29 is 14.4 Å². The topological polar surface area (TPSA) is 109 Å². The molecule has 3 aromatic heterocycles. The lowest BCUT2D eigenvalue weighted by molar-refractivity contribution is -0.125. The number of amides is 3. The maximum atomic E-state index is 13.2. The van der Waals surface area contributed by atoms with Gasteiger partial charge in [0.15, 0.2) is 0 Å². The van der Waals surface area contributed by atoms with E-state index < -0.39 is 0 Å². The van der Waals surface area contributed by atoms with E-state index in [0.29, 0.717) is 21.4 Å². The van der Waals surface area contributed by atoms with Crippen molar-refractivity contribution in [3.05, 3.63) is 83.3 Å². The summed E-state index contributed by atoms with van der Waals surface area (Å²) in [5.41, 5.74) is 2.45. The normalized spacial score (nSPS) is 20.3. The molecule has 0 unspecified atom stereocenters. The van der Waals surface area contributed by atoms with Crippen molar-refractivity contribution >= 4 is 51.7 Å². The van der Waals surface area contributed by atoms with E-state index in [9.17, 15) is 14.4 Å². The van der Waals surface area contributed by atoms with E-state index in [2.05, 4.69) is 26.8 Å². The van der Waals surface area contributed by atoms with E-state index in [-0.39, 0.29) is 29.2 Å². The van der Waals surface area contributed by atoms with Gasteiger partial charge in [-0.3, -0.25) is 24.7 Å². The van der Waals surface area contributed by atoms with Crippen molar-refractivity contribution in [2.45, 2.75) is 25.3 Å². The Morgan fingerprint density at radius 3 is 2.53 bits per heavy atom. The number of benzene rings is 1. The zero-order valence-electron chi connectivity index (χ0n) is 20.6. The molecule has 1 saturated carbocycles. The molecule has 1 saturated heterocycles. The largest absolute Gasteiger partial charge is 0.339 e. The van der Waals surface area contributed by atoms with Crippen LogP contribution < -0.4 is 10.6 Å². The van der Waals surface area contributed by atoms with Crippen LogP contribution in [-0.2, 0) is 4.79 Å². The van der Waals surface area contributed by atoms with E-state index >= 15 is 0 Å². The number of carbonyl (C=O) groups excluding carboxylic acids is 3. The number of pyridine rings is 1. The van der Waals surface area contributed by atoms with E-state index in [4.69, 9.17) is 4.98 Å². The fraction of sp³-hybridized carbons (Fsp3) is 0.250. The molecule has 4 heterocycles. The molecule has 0 radical (unpaired) electrons. The van der Waals surface area contributed by atoms with Crippen molar-refractivity contribution in [2.75, 3.05) is 23.7 Å². The van der Waals surface area contributed by atoms with Gasteiger partial charge in [-0.2, -0.15) is 0 Å². The number of likely N-dealkylation sites (tertiary alicyclic amines) is 1. The number of fused-ring (bicyclic) bond motifs is 1. The average molecular weight is 527 g/mol. The number of para-hydroxylation sites is 2. The number of nitrogens with zero attached hydrogens (tertiary/aromatic N) is 4. The van der Waals surface area contributed by atoms with Crippen LogP contribution in [0.25, 0.3) is 11.0 Å². The van der Waals surface area contributed by atoms with Gasteiger partial charge in [0.25, 0.3) is 11.8 Å². The van der Waals surface area contributed by atoms with Crippen LogP contribution in [0.1, 0.15) is 44.6 Å². The molecule has 1 aliphatic carbocycles. The first-order valence-corrected chi connectivity index (χ1v) is 13.3. The van der Waals surface area contributed by atoms with Gasteiger partial charge in [0.1, 0.15) is 0 Å². The third-order valence-corrected chi connectivity index (χ3v) is 8.50. The summed E-state index contributed by atoms with van der Waals surface area (Å²) >= 11 is 1.12. The molecular formula is C28H26N6O3S. The average Bonchev–Trinajstić information content (AvgIpc) is 3.65. The molecule has 1 aliphatic heterocycles. The van der Waals surface area contributed by atoms with Crippen LogP contribution in [0.3, 0.4) is 0 Å². The van der Waals surface area contributed by atoms with Crippen LogP contribution in [0.5, 0.6) is 0 Å². The minimum Gasteiger partial charge on any atom is -0.339 e. The summed E-state index contributed by atoms with van der Waals surface area (Å²) < 4.78 is 2.11. The molecule has 6 rings (SSSR count). The van der Waals surface area contributed by atoms with Gasteiger partial charge in [0.05, 0.1) is 32.7 Å². The molecule has 1 aromatic carbocycles. The Hall–Kier alpha value is -4.31. The first-order chi connectivity index (χ1) is 18.4. The molecule has 2 N–H and O–H groups in total. The van der Waals surface area contributed by atoms with Crippen LogP contribution in [0, 0.1) is 5.41 Å². The Bertz CT molecular complexity index is 1550. The van der Waals surface area contributed by atoms with Crippen molar-refractivity contribution in [1.29, 1.82) is 0 Å². The maximum Gasteiger partial charge on any atom is 0.268 e.